The van der Waals surface area contributed by atoms with E-state index >= 15 is 0 Å². The lowest BCUT2D eigenvalue weighted by molar-refractivity contribution is 0.419. The van der Waals surface area contributed by atoms with Gasteiger partial charge in [0.1, 0.15) is 11.6 Å². The minimum absolute atomic E-state index is 0.569. The van der Waals surface area contributed by atoms with Crippen molar-refractivity contribution in [3.63, 3.8) is 0 Å². The first-order valence-electron chi connectivity index (χ1n) is 6.65. The molecule has 0 radical (unpaired) electrons. The summed E-state index contributed by atoms with van der Waals surface area (Å²) in [7, 11) is -1.78. The van der Waals surface area contributed by atoms with Crippen LogP contribution in [0.2, 0.25) is 0 Å². The summed E-state index contributed by atoms with van der Waals surface area (Å²) in [6, 6.07) is 5.41. The Morgan fingerprint density at radius 1 is 1.43 bits per heavy atom. The summed E-state index contributed by atoms with van der Waals surface area (Å²) in [5.74, 6) is 1.55. The number of methoxy groups -OCH3 is 1. The molecule has 0 unspecified atom stereocenters. The second-order valence-corrected chi connectivity index (χ2v) is 6.86. The van der Waals surface area contributed by atoms with Crippen molar-refractivity contribution >= 4 is 26.8 Å². The van der Waals surface area contributed by atoms with Gasteiger partial charge in [0.25, 0.3) is 0 Å². The van der Waals surface area contributed by atoms with Crippen LogP contribution < -0.4 is 10.1 Å². The summed E-state index contributed by atoms with van der Waals surface area (Å²) < 4.78 is 30.6. The zero-order valence-corrected chi connectivity index (χ0v) is 12.8. The normalized spacial score (nSPS) is 15.0. The average Bonchev–Trinajstić information content (AvgIpc) is 3.06. The van der Waals surface area contributed by atoms with Gasteiger partial charge in [-0.25, -0.2) is 12.4 Å². The molecule has 0 aliphatic carbocycles. The number of aliphatic imine (C=N–C) groups is 1. The lowest BCUT2D eigenvalue weighted by atomic mass is 10.1. The summed E-state index contributed by atoms with van der Waals surface area (Å²) in [6.07, 6.45) is 3.42. The smallest absolute Gasteiger partial charge is 0.236 e. The van der Waals surface area contributed by atoms with Gasteiger partial charge in [0.05, 0.1) is 25.4 Å². The first-order chi connectivity index (χ1) is 10.0. The molecule has 0 spiro atoms. The van der Waals surface area contributed by atoms with Crippen molar-refractivity contribution < 1.29 is 13.2 Å². The predicted molar refractivity (Wildman–Crippen MR) is 82.7 cm³/mol. The van der Waals surface area contributed by atoms with E-state index in [-0.39, 0.29) is 0 Å². The number of rotatable bonds is 4. The fraction of sp³-hybridized carbons (Fsp3) is 0.357. The van der Waals surface area contributed by atoms with Crippen molar-refractivity contribution in [3.8, 4) is 5.75 Å². The third kappa shape index (κ3) is 2.49. The van der Waals surface area contributed by atoms with Gasteiger partial charge in [0, 0.05) is 24.5 Å². The van der Waals surface area contributed by atoms with Crippen LogP contribution in [0, 0.1) is 0 Å². The molecule has 2 heterocycles. The Hall–Kier alpha value is -2.02. The van der Waals surface area contributed by atoms with Crippen LogP contribution in [-0.4, -0.2) is 44.7 Å². The van der Waals surface area contributed by atoms with Crippen molar-refractivity contribution in [2.45, 2.75) is 6.42 Å². The highest BCUT2D eigenvalue weighted by atomic mass is 32.2. The van der Waals surface area contributed by atoms with Gasteiger partial charge in [-0.2, -0.15) is 0 Å². The quantitative estimate of drug-likeness (QED) is 0.914. The van der Waals surface area contributed by atoms with Crippen LogP contribution in [0.15, 0.2) is 29.4 Å². The van der Waals surface area contributed by atoms with Gasteiger partial charge in [-0.15, -0.1) is 0 Å². The molecule has 1 aromatic heterocycles. The first kappa shape index (κ1) is 13.9. The number of nitrogens with zero attached hydrogens (tertiary/aromatic N) is 2. The van der Waals surface area contributed by atoms with Crippen molar-refractivity contribution in [1.29, 1.82) is 0 Å². The van der Waals surface area contributed by atoms with Crippen LogP contribution in [0.4, 0.5) is 0 Å². The first-order valence-corrected chi connectivity index (χ1v) is 8.50. The number of hydrogen-bond donors (Lipinski definition) is 1. The summed E-state index contributed by atoms with van der Waals surface area (Å²) in [4.78, 5) is 4.37. The molecule has 7 heteroatoms. The van der Waals surface area contributed by atoms with Crippen molar-refractivity contribution in [3.05, 3.63) is 30.0 Å². The highest BCUT2D eigenvalue weighted by Crippen LogP contribution is 2.31. The molecule has 0 fully saturated rings. The SMILES string of the molecule is COc1cccc2c1c(CC1=NCCN1)cn2S(C)(=O)=O. The van der Waals surface area contributed by atoms with Gasteiger partial charge in [0.15, 0.2) is 0 Å². The van der Waals surface area contributed by atoms with Crippen LogP contribution in [-0.2, 0) is 16.4 Å². The van der Waals surface area contributed by atoms with Crippen molar-refractivity contribution in [2.24, 2.45) is 4.99 Å². The van der Waals surface area contributed by atoms with E-state index in [1.54, 1.807) is 25.4 Å². The molecule has 0 bridgehead atoms. The second kappa shape index (κ2) is 5.07. The second-order valence-electron chi connectivity index (χ2n) is 5.00. The maximum atomic E-state index is 12.0. The third-order valence-corrected chi connectivity index (χ3v) is 4.53. The molecule has 2 aromatic rings. The molecule has 1 N–H and O–H groups in total. The fourth-order valence-electron chi connectivity index (χ4n) is 2.63. The van der Waals surface area contributed by atoms with E-state index in [0.717, 1.165) is 29.9 Å². The van der Waals surface area contributed by atoms with Crippen LogP contribution in [0.3, 0.4) is 0 Å². The zero-order chi connectivity index (χ0) is 15.0. The van der Waals surface area contributed by atoms with Gasteiger partial charge in [0.2, 0.25) is 10.0 Å². The van der Waals surface area contributed by atoms with E-state index in [4.69, 9.17) is 4.74 Å². The summed E-state index contributed by atoms with van der Waals surface area (Å²) in [5.41, 5.74) is 1.52. The van der Waals surface area contributed by atoms with Crippen LogP contribution >= 0.6 is 0 Å². The summed E-state index contributed by atoms with van der Waals surface area (Å²) in [6.45, 7) is 1.59. The van der Waals surface area contributed by atoms with E-state index in [0.29, 0.717) is 17.7 Å². The number of nitrogens with one attached hydrogen (secondary N) is 1. The minimum atomic E-state index is -3.37. The molecule has 6 nitrogen and oxygen atoms in total. The molecular formula is C14H17N3O3S. The number of amidine groups is 1. The van der Waals surface area contributed by atoms with E-state index in [9.17, 15) is 8.42 Å². The summed E-state index contributed by atoms with van der Waals surface area (Å²) in [5, 5.41) is 4.03. The number of aromatic nitrogens is 1. The molecule has 0 amide bonds. The van der Waals surface area contributed by atoms with Gasteiger partial charge in [-0.1, -0.05) is 6.07 Å². The lowest BCUT2D eigenvalue weighted by Crippen LogP contribution is -2.20. The number of fused-ring (bicyclic) bond motifs is 1. The van der Waals surface area contributed by atoms with Gasteiger partial charge < -0.3 is 10.1 Å². The van der Waals surface area contributed by atoms with E-state index in [2.05, 4.69) is 10.3 Å². The molecule has 3 rings (SSSR count). The predicted octanol–water partition coefficient (Wildman–Crippen LogP) is 1.00. The fourth-order valence-corrected chi connectivity index (χ4v) is 3.45. The Kier molecular flexibility index (Phi) is 3.36. The van der Waals surface area contributed by atoms with E-state index < -0.39 is 10.0 Å². The Balaban J connectivity index is 2.22. The topological polar surface area (TPSA) is 72.7 Å². The number of ether oxygens (including phenoxy) is 1. The Labute approximate surface area is 123 Å². The highest BCUT2D eigenvalue weighted by Gasteiger charge is 2.19. The molecule has 1 aliphatic heterocycles. The summed E-state index contributed by atoms with van der Waals surface area (Å²) >= 11 is 0. The van der Waals surface area contributed by atoms with Gasteiger partial charge in [-0.05, 0) is 17.7 Å². The molecule has 21 heavy (non-hydrogen) atoms. The van der Waals surface area contributed by atoms with Crippen LogP contribution in [0.25, 0.3) is 10.9 Å². The highest BCUT2D eigenvalue weighted by molar-refractivity contribution is 7.89. The standard InChI is InChI=1S/C14H17N3O3S/c1-20-12-5-3-4-11-14(12)10(8-13-15-6-7-16-13)9-17(11)21(2,18)19/h3-5,9H,6-8H2,1-2H3,(H,15,16). The molecule has 0 saturated carbocycles. The largest absolute Gasteiger partial charge is 0.496 e. The van der Waals surface area contributed by atoms with Crippen LogP contribution in [0.1, 0.15) is 5.56 Å². The number of hydrogen-bond acceptors (Lipinski definition) is 5. The van der Waals surface area contributed by atoms with Crippen molar-refractivity contribution in [2.75, 3.05) is 26.5 Å². The van der Waals surface area contributed by atoms with E-state index in [1.165, 1.54) is 10.2 Å². The monoisotopic (exact) mass is 307 g/mol. The molecular weight excluding hydrogens is 290 g/mol. The number of benzene rings is 1. The molecule has 0 atom stereocenters. The zero-order valence-electron chi connectivity index (χ0n) is 12.0. The minimum Gasteiger partial charge on any atom is -0.496 e. The molecule has 1 aliphatic rings. The molecule has 0 saturated heterocycles. The van der Waals surface area contributed by atoms with Crippen LogP contribution in [0.5, 0.6) is 5.75 Å². The maximum absolute atomic E-state index is 12.0. The third-order valence-electron chi connectivity index (χ3n) is 3.51. The van der Waals surface area contributed by atoms with Gasteiger partial charge in [-0.3, -0.25) is 4.99 Å². The molecule has 112 valence electrons. The van der Waals surface area contributed by atoms with Gasteiger partial charge >= 0.3 is 0 Å². The average molecular weight is 307 g/mol. The Morgan fingerprint density at radius 3 is 2.86 bits per heavy atom. The Morgan fingerprint density at radius 2 is 2.24 bits per heavy atom. The van der Waals surface area contributed by atoms with E-state index in [1.807, 2.05) is 6.07 Å². The molecule has 1 aromatic carbocycles. The maximum Gasteiger partial charge on any atom is 0.236 e. The Bertz CT molecular complexity index is 821. The lowest BCUT2D eigenvalue weighted by Gasteiger charge is -2.05. The van der Waals surface area contributed by atoms with Crippen molar-refractivity contribution in [1.82, 2.24) is 9.29 Å².